The Kier molecular flexibility index (Phi) is 34.7. The monoisotopic (exact) mass is 2770 g/mol. The van der Waals surface area contributed by atoms with E-state index in [4.69, 9.17) is 39.9 Å². The molecule has 0 aliphatic heterocycles. The molecule has 0 fully saturated rings. The number of hydrogen-bond donors (Lipinski definition) is 4. The van der Waals surface area contributed by atoms with E-state index in [1.165, 1.54) is 31.1 Å². The van der Waals surface area contributed by atoms with Crippen LogP contribution in [0.4, 0.5) is 0 Å². The summed E-state index contributed by atoms with van der Waals surface area (Å²) in [5.74, 6) is 3.93. The van der Waals surface area contributed by atoms with Crippen molar-refractivity contribution in [2.24, 2.45) is 28.2 Å². The van der Waals surface area contributed by atoms with Gasteiger partial charge < -0.3 is 38.7 Å². The third-order valence-electron chi connectivity index (χ3n) is 27.1. The van der Waals surface area contributed by atoms with Crippen molar-refractivity contribution < 1.29 is 105 Å². The van der Waals surface area contributed by atoms with Crippen LogP contribution in [0, 0.1) is 52.0 Å². The third-order valence-corrected chi connectivity index (χ3v) is 39.2. The van der Waals surface area contributed by atoms with Gasteiger partial charge in [-0.25, -0.2) is 19.9 Å². The minimum Gasteiger partial charge on any atom is -0.507 e. The van der Waals surface area contributed by atoms with Gasteiger partial charge in [0.05, 0.1) is 115 Å². The van der Waals surface area contributed by atoms with E-state index in [0.29, 0.717) is 0 Å². The Morgan fingerprint density at radius 2 is 0.466 bits per heavy atom. The first-order valence-corrected chi connectivity index (χ1v) is 70.2. The molecule has 0 saturated heterocycles. The summed E-state index contributed by atoms with van der Waals surface area (Å²) in [6.45, 7) is 50.4. The Morgan fingerprint density at radius 3 is 0.736 bits per heavy atom. The normalized spacial score (nSPS) is 11.7. The Labute approximate surface area is 935 Å². The van der Waals surface area contributed by atoms with Gasteiger partial charge in [0.15, 0.2) is 0 Å². The molecule has 0 unspecified atom stereocenters. The molecule has 768 valence electrons. The molecule has 20 aromatic rings. The summed E-state index contributed by atoms with van der Waals surface area (Å²) in [6.07, 6.45) is 7.88. The number of phenols is 4. The van der Waals surface area contributed by atoms with Crippen molar-refractivity contribution in [3.05, 3.63) is 326 Å². The van der Waals surface area contributed by atoms with Crippen LogP contribution in [-0.2, 0) is 112 Å². The van der Waals surface area contributed by atoms with E-state index in [2.05, 4.69) is 309 Å². The van der Waals surface area contributed by atoms with Gasteiger partial charge in [0.25, 0.3) is 0 Å². The molecule has 0 bridgehead atoms. The molecule has 26 heteroatoms. The van der Waals surface area contributed by atoms with Crippen LogP contribution < -0.4 is 31.1 Å². The summed E-state index contributed by atoms with van der Waals surface area (Å²) in [7, 11) is -0.959. The Bertz CT molecular complexity index is 7840. The van der Waals surface area contributed by atoms with Crippen molar-refractivity contribution in [3.8, 4) is 158 Å². The number of para-hydroxylation sites is 2. The summed E-state index contributed by atoms with van der Waals surface area (Å²) in [5.41, 5.74) is 30.8. The molecule has 8 aromatic heterocycles. The largest absolute Gasteiger partial charge is 0.507 e. The van der Waals surface area contributed by atoms with Crippen LogP contribution in [-0.4, -0.2) is 127 Å². The van der Waals surface area contributed by atoms with Gasteiger partial charge in [-0.2, -0.15) is 0 Å². The van der Waals surface area contributed by atoms with Gasteiger partial charge in [0, 0.05) is 160 Å². The van der Waals surface area contributed by atoms with Crippen molar-refractivity contribution >= 4 is 124 Å². The third kappa shape index (κ3) is 24.5. The topological polar surface area (TPSA) is 204 Å². The van der Waals surface area contributed by atoms with Gasteiger partial charge in [0.2, 0.25) is 0 Å². The molecule has 8 heterocycles. The molecule has 0 radical (unpaired) electrons. The van der Waals surface area contributed by atoms with E-state index in [-0.39, 0.29) is 107 Å². The molecule has 0 aliphatic carbocycles. The van der Waals surface area contributed by atoms with Crippen LogP contribution in [0.15, 0.2) is 280 Å². The van der Waals surface area contributed by atoms with Gasteiger partial charge in [-0.3, -0.25) is 19.9 Å². The number of nitrogens with zero attached hydrogens (tertiary/aromatic N) is 12. The summed E-state index contributed by atoms with van der Waals surface area (Å²) in [4.78, 5) is 39.1. The summed E-state index contributed by atoms with van der Waals surface area (Å²) in [5, 5.41) is 50.6. The first-order chi connectivity index (χ1) is 68.1. The number of aromatic nitrogens is 12. The number of imidazole rings is 4. The summed E-state index contributed by atoms with van der Waals surface area (Å²) < 4.78 is 8.29. The zero-order valence-corrected chi connectivity index (χ0v) is 104. The van der Waals surface area contributed by atoms with Crippen LogP contribution in [0.2, 0.25) is 118 Å². The quantitative estimate of drug-likeness (QED) is 0.0468. The second kappa shape index (κ2) is 45.3. The number of pyridine rings is 4. The maximum Gasteiger partial charge on any atom is 0.143 e. The molecule has 0 aliphatic rings. The Morgan fingerprint density at radius 1 is 0.216 bits per heavy atom. The predicted molar refractivity (Wildman–Crippen MR) is 618 cm³/mol. The van der Waals surface area contributed by atoms with Gasteiger partial charge in [-0.1, -0.05) is 302 Å². The maximum absolute atomic E-state index is 10.7. The van der Waals surface area contributed by atoms with Crippen molar-refractivity contribution in [2.75, 3.05) is 0 Å². The van der Waals surface area contributed by atoms with E-state index in [1.807, 2.05) is 163 Å². The van der Waals surface area contributed by atoms with E-state index < -0.39 is 48.4 Å². The number of rotatable bonds is 18. The average Bonchev–Trinajstić information content (AvgIpc) is 1.64. The number of aromatic hydroxyl groups is 4. The van der Waals surface area contributed by atoms with Crippen LogP contribution in [0.25, 0.3) is 179 Å². The number of aryl methyl sites for hydroxylation is 8. The second-order valence-electron chi connectivity index (χ2n) is 44.3. The van der Waals surface area contributed by atoms with Crippen molar-refractivity contribution in [3.63, 3.8) is 0 Å². The number of benzene rings is 12. The average molecular weight is 2780 g/mol. The predicted octanol–water partition coefficient (Wildman–Crippen LogP) is 26.4. The zero-order valence-electron chi connectivity index (χ0n) is 89.0. The smallest absolute Gasteiger partial charge is 0.143 e. The van der Waals surface area contributed by atoms with Gasteiger partial charge in [0.1, 0.15) is 46.3 Å². The molecule has 20 rings (SSSR count). The standard InChI is InChI=1S/2C32H36N3OSi2.2C29H28N3OSi.4Pt/c2*1-21-12-13-30(36)27(16-21)32-34-31-26(18-25(38(6,7)8)20-29(31)35(32)2)22-10-9-11-23(17-22)28-19-24(14-15-33-28)37(3,4)5;2*1-19-12-15-27(33)24(16-19)29-31-28-23(10-7-11-26(28)32(29)2)20-8-6-9-21(17-20)25-14-13-22(18-30-25)34(3,4)5;;;;/h2*9-16,18-20,36H,1-8H3;2*6-16,18,33H,1-5H3;;;;/q4*-1;;;;. The van der Waals surface area contributed by atoms with Crippen LogP contribution in [0.3, 0.4) is 0 Å². The van der Waals surface area contributed by atoms with Crippen LogP contribution in [0.5, 0.6) is 23.0 Å². The number of fused-ring (bicyclic) bond motifs is 4. The van der Waals surface area contributed by atoms with E-state index >= 15 is 0 Å². The fourth-order valence-electron chi connectivity index (χ4n) is 18.2. The molecule has 0 atom stereocenters. The first-order valence-electron chi connectivity index (χ1n) is 49.2. The Hall–Kier alpha value is -11.6. The van der Waals surface area contributed by atoms with Gasteiger partial charge in [-0.15, -0.1) is 119 Å². The fraction of sp³-hybridized carbons (Fsp3) is 0.213. The van der Waals surface area contributed by atoms with Crippen molar-refractivity contribution in [2.45, 2.75) is 146 Å². The minimum absolute atomic E-state index is 0. The molecule has 148 heavy (non-hydrogen) atoms. The molecule has 0 amide bonds. The number of phenolic OH excluding ortho intramolecular Hbond substituents is 4. The molecule has 0 spiro atoms. The SMILES string of the molecule is Cc1ccc(O)c(-c2nc3c(-c4[c-]c(-c5cc([Si](C)(C)C)ccn5)ccc4)cc([Si](C)(C)C)cc3n2C)c1.Cc1ccc(O)c(-c2nc3c(-c4[c-]c(-c5cc([Si](C)(C)C)ccn5)ccc4)cc([Si](C)(C)C)cc3n2C)c1.Cc1ccc(O)c(-c2nc3c(-c4[c-]c(-c5ccc([Si](C)(C)C)cn5)ccc4)cccc3n2C)c1.Cc1ccc(O)c(-c2nc3c(-c4[c-]c(-c5ccc([Si](C)(C)C)cn5)ccc4)cccc3n2C)c1.[Pt].[Pt].[Pt].[Pt]. The summed E-state index contributed by atoms with van der Waals surface area (Å²) >= 11 is 0. The fourth-order valence-corrected chi connectivity index (χ4v) is 24.8. The summed E-state index contributed by atoms with van der Waals surface area (Å²) in [6, 6.07) is 101. The van der Waals surface area contributed by atoms with Crippen molar-refractivity contribution in [1.82, 2.24) is 58.1 Å². The molecule has 0 saturated carbocycles. The molecule has 12 aromatic carbocycles. The van der Waals surface area contributed by atoms with E-state index in [9.17, 15) is 20.4 Å². The van der Waals surface area contributed by atoms with Crippen LogP contribution in [0.1, 0.15) is 22.3 Å². The Balaban J connectivity index is 0.000000163. The van der Waals surface area contributed by atoms with Crippen molar-refractivity contribution in [1.29, 1.82) is 0 Å². The molecule has 16 nitrogen and oxygen atoms in total. The van der Waals surface area contributed by atoms with E-state index in [0.717, 1.165) is 201 Å². The molecular weight excluding hydrogens is 2650 g/mol. The molecular formula is C122H128N12O4Pt4Si6-4. The molecule has 4 N–H and O–H groups in total. The maximum atomic E-state index is 10.7. The second-order valence-corrected chi connectivity index (χ2v) is 74.8. The van der Waals surface area contributed by atoms with Crippen LogP contribution >= 0.6 is 0 Å². The minimum atomic E-state index is -1.65. The zero-order chi connectivity index (χ0) is 103. The van der Waals surface area contributed by atoms with E-state index in [1.54, 1.807) is 24.3 Å². The first kappa shape index (κ1) is 114. The van der Waals surface area contributed by atoms with Gasteiger partial charge >= 0.3 is 0 Å². The number of hydrogen-bond acceptors (Lipinski definition) is 12. The van der Waals surface area contributed by atoms with Gasteiger partial charge in [-0.05, 0) is 123 Å².